The van der Waals surface area contributed by atoms with Gasteiger partial charge in [0.1, 0.15) is 10.7 Å². The molecule has 0 aliphatic heterocycles. The normalized spacial score (nSPS) is 11.3. The Morgan fingerprint density at radius 3 is 2.96 bits per heavy atom. The topological polar surface area (TPSA) is 83.6 Å². The van der Waals surface area contributed by atoms with Gasteiger partial charge in [0.15, 0.2) is 4.34 Å². The van der Waals surface area contributed by atoms with Crippen LogP contribution in [0.15, 0.2) is 26.6 Å². The second kappa shape index (κ2) is 8.09. The Morgan fingerprint density at radius 2 is 2.15 bits per heavy atom. The summed E-state index contributed by atoms with van der Waals surface area (Å²) in [5.74, 6) is 1.23. The number of rotatable bonds is 7. The van der Waals surface area contributed by atoms with Crippen molar-refractivity contribution in [2.75, 3.05) is 11.9 Å². The van der Waals surface area contributed by atoms with Gasteiger partial charge in [-0.05, 0) is 37.3 Å². The van der Waals surface area contributed by atoms with Crippen molar-refractivity contribution in [2.45, 2.75) is 30.4 Å². The predicted octanol–water partition coefficient (Wildman–Crippen LogP) is 4.46. The summed E-state index contributed by atoms with van der Waals surface area (Å²) in [6.07, 6.45) is 0.977. The molecule has 0 saturated heterocycles. The first kappa shape index (κ1) is 18.6. The van der Waals surface area contributed by atoms with Gasteiger partial charge in [-0.3, -0.25) is 4.79 Å². The van der Waals surface area contributed by atoms with E-state index in [-0.39, 0.29) is 5.56 Å². The standard InChI is InChI=1S/C17H17N5OS4/c1-9-10(2)26-15-13(9)14(23)19-12(20-15)8-25-17-22-21-16(27-17)18-6-5-11-4-3-7-24-11/h3-4,7H,5-6,8H2,1-2H3,(H,18,21)(H,19,20,23). The van der Waals surface area contributed by atoms with Crippen LogP contribution in [-0.2, 0) is 12.2 Å². The number of aromatic amines is 1. The molecule has 0 aliphatic carbocycles. The maximum absolute atomic E-state index is 12.3. The summed E-state index contributed by atoms with van der Waals surface area (Å²) in [4.78, 5) is 23.1. The Kier molecular flexibility index (Phi) is 5.58. The van der Waals surface area contributed by atoms with Gasteiger partial charge in [-0.25, -0.2) is 4.98 Å². The fourth-order valence-corrected chi connectivity index (χ4v) is 5.99. The Morgan fingerprint density at radius 1 is 1.26 bits per heavy atom. The van der Waals surface area contributed by atoms with Crippen molar-refractivity contribution in [3.63, 3.8) is 0 Å². The molecule has 4 aromatic rings. The number of thioether (sulfide) groups is 1. The third-order valence-corrected chi connectivity index (χ3v) is 8.12. The molecule has 140 valence electrons. The predicted molar refractivity (Wildman–Crippen MR) is 116 cm³/mol. The molecule has 0 aromatic carbocycles. The molecule has 0 atom stereocenters. The average molecular weight is 436 g/mol. The van der Waals surface area contributed by atoms with Crippen LogP contribution < -0.4 is 10.9 Å². The molecule has 4 heterocycles. The van der Waals surface area contributed by atoms with E-state index in [0.29, 0.717) is 17.0 Å². The summed E-state index contributed by atoms with van der Waals surface area (Å²) < 4.78 is 0.856. The highest BCUT2D eigenvalue weighted by molar-refractivity contribution is 8.00. The highest BCUT2D eigenvalue weighted by Crippen LogP contribution is 2.29. The second-order valence-electron chi connectivity index (χ2n) is 5.89. The van der Waals surface area contributed by atoms with Crippen LogP contribution in [0.3, 0.4) is 0 Å². The van der Waals surface area contributed by atoms with Crippen molar-refractivity contribution < 1.29 is 0 Å². The van der Waals surface area contributed by atoms with E-state index >= 15 is 0 Å². The third-order valence-electron chi connectivity index (χ3n) is 4.05. The van der Waals surface area contributed by atoms with Gasteiger partial charge in [0.05, 0.1) is 11.1 Å². The van der Waals surface area contributed by atoms with E-state index in [9.17, 15) is 4.79 Å². The molecule has 0 bridgehead atoms. The van der Waals surface area contributed by atoms with Crippen molar-refractivity contribution in [3.8, 4) is 0 Å². The van der Waals surface area contributed by atoms with Gasteiger partial charge in [-0.1, -0.05) is 29.2 Å². The monoisotopic (exact) mass is 435 g/mol. The number of nitrogens with zero attached hydrogens (tertiary/aromatic N) is 3. The smallest absolute Gasteiger partial charge is 0.259 e. The zero-order chi connectivity index (χ0) is 18.8. The quantitative estimate of drug-likeness (QED) is 0.417. The number of nitrogens with one attached hydrogen (secondary N) is 2. The van der Waals surface area contributed by atoms with E-state index in [1.807, 2.05) is 13.8 Å². The van der Waals surface area contributed by atoms with Gasteiger partial charge in [0.2, 0.25) is 5.13 Å². The largest absolute Gasteiger partial charge is 0.360 e. The number of thiophene rings is 2. The zero-order valence-electron chi connectivity index (χ0n) is 14.7. The number of anilines is 1. The van der Waals surface area contributed by atoms with Crippen LogP contribution in [-0.4, -0.2) is 26.7 Å². The maximum atomic E-state index is 12.3. The minimum atomic E-state index is -0.0642. The molecular weight excluding hydrogens is 418 g/mol. The molecule has 0 aliphatic rings. The lowest BCUT2D eigenvalue weighted by Crippen LogP contribution is -2.10. The molecule has 0 unspecified atom stereocenters. The first-order valence-electron chi connectivity index (χ1n) is 8.31. The number of H-pyrrole nitrogens is 1. The molecule has 6 nitrogen and oxygen atoms in total. The van der Waals surface area contributed by atoms with Crippen LogP contribution in [0.1, 0.15) is 21.1 Å². The van der Waals surface area contributed by atoms with Crippen LogP contribution in [0.25, 0.3) is 10.2 Å². The molecule has 0 saturated carbocycles. The lowest BCUT2D eigenvalue weighted by Gasteiger charge is -2.00. The molecule has 0 amide bonds. The maximum Gasteiger partial charge on any atom is 0.259 e. The van der Waals surface area contributed by atoms with Gasteiger partial charge in [0, 0.05) is 16.3 Å². The van der Waals surface area contributed by atoms with Crippen LogP contribution in [0.4, 0.5) is 5.13 Å². The number of aryl methyl sites for hydroxylation is 2. The minimum Gasteiger partial charge on any atom is -0.360 e. The van der Waals surface area contributed by atoms with Crippen molar-refractivity contribution in [1.82, 2.24) is 20.2 Å². The van der Waals surface area contributed by atoms with Crippen LogP contribution in [0.5, 0.6) is 0 Å². The van der Waals surface area contributed by atoms with Gasteiger partial charge >= 0.3 is 0 Å². The molecule has 0 spiro atoms. The van der Waals surface area contributed by atoms with Crippen LogP contribution >= 0.6 is 45.8 Å². The molecular formula is C17H17N5OS4. The van der Waals surface area contributed by atoms with Crippen molar-refractivity contribution in [2.24, 2.45) is 0 Å². The average Bonchev–Trinajstić information content (AvgIpc) is 3.36. The fraction of sp³-hybridized carbons (Fsp3) is 0.294. The lowest BCUT2D eigenvalue weighted by molar-refractivity contribution is 0.977. The van der Waals surface area contributed by atoms with Crippen molar-refractivity contribution in [1.29, 1.82) is 0 Å². The molecule has 0 fully saturated rings. The second-order valence-corrected chi connectivity index (χ2v) is 10.3. The Labute approximate surface area is 172 Å². The number of hydrogen-bond donors (Lipinski definition) is 2. The first-order valence-corrected chi connectivity index (χ1v) is 11.8. The van der Waals surface area contributed by atoms with Crippen molar-refractivity contribution in [3.05, 3.63) is 49.0 Å². The molecule has 10 heteroatoms. The van der Waals surface area contributed by atoms with Gasteiger partial charge in [-0.2, -0.15) is 0 Å². The van der Waals surface area contributed by atoms with E-state index in [1.54, 1.807) is 22.7 Å². The molecule has 0 radical (unpaired) electrons. The lowest BCUT2D eigenvalue weighted by atomic mass is 10.2. The van der Waals surface area contributed by atoms with Crippen LogP contribution in [0.2, 0.25) is 0 Å². The molecule has 4 rings (SSSR count). The number of aromatic nitrogens is 4. The summed E-state index contributed by atoms with van der Waals surface area (Å²) >= 11 is 6.38. The van der Waals surface area contributed by atoms with Crippen LogP contribution in [0, 0.1) is 13.8 Å². The number of fused-ring (bicyclic) bond motifs is 1. The molecule has 2 N–H and O–H groups in total. The zero-order valence-corrected chi connectivity index (χ0v) is 18.0. The summed E-state index contributed by atoms with van der Waals surface area (Å²) in [6, 6.07) is 4.20. The SMILES string of the molecule is Cc1sc2nc(CSc3nnc(NCCc4cccs4)s3)[nH]c(=O)c2c1C. The fourth-order valence-electron chi connectivity index (χ4n) is 2.58. The highest BCUT2D eigenvalue weighted by Gasteiger charge is 2.13. The molecule has 27 heavy (non-hydrogen) atoms. The van der Waals surface area contributed by atoms with E-state index in [1.165, 1.54) is 28.0 Å². The van der Waals surface area contributed by atoms with E-state index in [2.05, 4.69) is 43.0 Å². The van der Waals surface area contributed by atoms with Crippen molar-refractivity contribution >= 4 is 61.1 Å². The van der Waals surface area contributed by atoms with Gasteiger partial charge in [-0.15, -0.1) is 32.9 Å². The first-order chi connectivity index (χ1) is 13.1. The van der Waals surface area contributed by atoms with E-state index < -0.39 is 0 Å². The van der Waals surface area contributed by atoms with Gasteiger partial charge < -0.3 is 10.3 Å². The summed E-state index contributed by atoms with van der Waals surface area (Å²) in [5, 5.41) is 15.3. The van der Waals surface area contributed by atoms with E-state index in [4.69, 9.17) is 0 Å². The number of hydrogen-bond acceptors (Lipinski definition) is 9. The highest BCUT2D eigenvalue weighted by atomic mass is 32.2. The minimum absolute atomic E-state index is 0.0642. The summed E-state index contributed by atoms with van der Waals surface area (Å²) in [5.41, 5.74) is 0.955. The van der Waals surface area contributed by atoms with Gasteiger partial charge in [0.25, 0.3) is 5.56 Å². The van der Waals surface area contributed by atoms with E-state index in [0.717, 1.165) is 37.7 Å². The third kappa shape index (κ3) is 4.23. The Bertz CT molecular complexity index is 1110. The molecule has 4 aromatic heterocycles. The summed E-state index contributed by atoms with van der Waals surface area (Å²) in [6.45, 7) is 4.82. The Balaban J connectivity index is 1.37. The summed E-state index contributed by atoms with van der Waals surface area (Å²) in [7, 11) is 0. The Hall–Kier alpha value is -1.75.